The third kappa shape index (κ3) is 2.91. The summed E-state index contributed by atoms with van der Waals surface area (Å²) in [7, 11) is 1.42. The SMILES string of the molecule is COc1ccc(F)c(F)c1CN1C[C@H]2COC[C@@H](C1)C(=O)N2. The van der Waals surface area contributed by atoms with E-state index in [0.717, 1.165) is 6.07 Å². The molecule has 0 radical (unpaired) electrons. The molecule has 2 heterocycles. The first-order valence-electron chi connectivity index (χ1n) is 7.20. The van der Waals surface area contributed by atoms with Crippen LogP contribution in [0.25, 0.3) is 0 Å². The fraction of sp³-hybridized carbons (Fsp3) is 0.533. The van der Waals surface area contributed by atoms with Crippen molar-refractivity contribution in [1.82, 2.24) is 10.2 Å². The van der Waals surface area contributed by atoms with Crippen LogP contribution >= 0.6 is 0 Å². The molecule has 2 aliphatic heterocycles. The Kier molecular flexibility index (Phi) is 4.26. The Morgan fingerprint density at radius 1 is 1.36 bits per heavy atom. The number of hydrogen-bond donors (Lipinski definition) is 1. The van der Waals surface area contributed by atoms with E-state index in [1.54, 1.807) is 0 Å². The molecule has 22 heavy (non-hydrogen) atoms. The van der Waals surface area contributed by atoms with Crippen LogP contribution in [0.5, 0.6) is 5.75 Å². The number of fused-ring (bicyclic) bond motifs is 3. The molecule has 2 bridgehead atoms. The molecule has 0 saturated carbocycles. The molecule has 1 N–H and O–H groups in total. The molecule has 1 aromatic rings. The van der Waals surface area contributed by atoms with Gasteiger partial charge in [0.05, 0.1) is 32.3 Å². The van der Waals surface area contributed by atoms with Crippen LogP contribution in [0.4, 0.5) is 8.78 Å². The van der Waals surface area contributed by atoms with Crippen molar-refractivity contribution >= 4 is 5.91 Å². The van der Waals surface area contributed by atoms with Gasteiger partial charge in [-0.05, 0) is 12.1 Å². The molecule has 0 spiro atoms. The van der Waals surface area contributed by atoms with E-state index in [9.17, 15) is 13.6 Å². The predicted octanol–water partition coefficient (Wildman–Crippen LogP) is 0.920. The Morgan fingerprint density at radius 2 is 2.18 bits per heavy atom. The normalized spacial score (nSPS) is 25.5. The zero-order valence-corrected chi connectivity index (χ0v) is 12.3. The van der Waals surface area contributed by atoms with Gasteiger partial charge in [-0.1, -0.05) is 0 Å². The number of halogens is 2. The Morgan fingerprint density at radius 3 is 2.95 bits per heavy atom. The summed E-state index contributed by atoms with van der Waals surface area (Å²) in [4.78, 5) is 13.9. The molecule has 5 nitrogen and oxygen atoms in total. The van der Waals surface area contributed by atoms with E-state index < -0.39 is 11.6 Å². The van der Waals surface area contributed by atoms with E-state index in [0.29, 0.717) is 32.1 Å². The first-order chi connectivity index (χ1) is 10.6. The van der Waals surface area contributed by atoms with Crippen molar-refractivity contribution in [3.8, 4) is 5.75 Å². The van der Waals surface area contributed by atoms with Crippen LogP contribution in [-0.4, -0.2) is 50.3 Å². The van der Waals surface area contributed by atoms with Crippen LogP contribution in [0, 0.1) is 17.6 Å². The predicted molar refractivity (Wildman–Crippen MR) is 74.4 cm³/mol. The maximum atomic E-state index is 14.1. The van der Waals surface area contributed by atoms with Crippen molar-refractivity contribution in [1.29, 1.82) is 0 Å². The highest BCUT2D eigenvalue weighted by atomic mass is 19.2. The van der Waals surface area contributed by atoms with E-state index in [4.69, 9.17) is 9.47 Å². The summed E-state index contributed by atoms with van der Waals surface area (Å²) < 4.78 is 38.1. The molecule has 0 unspecified atom stereocenters. The van der Waals surface area contributed by atoms with E-state index in [-0.39, 0.29) is 30.0 Å². The average Bonchev–Trinajstić information content (AvgIpc) is 2.73. The number of benzene rings is 1. The second-order valence-corrected chi connectivity index (χ2v) is 5.68. The summed E-state index contributed by atoms with van der Waals surface area (Å²) in [6.45, 7) is 1.95. The Balaban J connectivity index is 1.84. The van der Waals surface area contributed by atoms with Crippen LogP contribution in [0.1, 0.15) is 5.56 Å². The molecule has 3 rings (SSSR count). The highest BCUT2D eigenvalue weighted by Gasteiger charge is 2.33. The number of amides is 1. The third-order valence-corrected chi connectivity index (χ3v) is 4.07. The lowest BCUT2D eigenvalue weighted by atomic mass is 10.1. The van der Waals surface area contributed by atoms with Crippen molar-refractivity contribution < 1.29 is 23.0 Å². The third-order valence-electron chi connectivity index (χ3n) is 4.07. The number of nitrogens with one attached hydrogen (secondary N) is 1. The molecule has 1 amide bonds. The smallest absolute Gasteiger partial charge is 0.227 e. The molecule has 1 aromatic carbocycles. The molecule has 2 fully saturated rings. The summed E-state index contributed by atoms with van der Waals surface area (Å²) in [5.41, 5.74) is 0.177. The van der Waals surface area contributed by atoms with Crippen LogP contribution in [0.2, 0.25) is 0 Å². The molecule has 0 aliphatic carbocycles. The summed E-state index contributed by atoms with van der Waals surface area (Å²) in [6, 6.07) is 2.33. The summed E-state index contributed by atoms with van der Waals surface area (Å²) in [5, 5.41) is 2.91. The summed E-state index contributed by atoms with van der Waals surface area (Å²) in [6.07, 6.45) is 0. The van der Waals surface area contributed by atoms with Gasteiger partial charge in [-0.3, -0.25) is 9.69 Å². The second-order valence-electron chi connectivity index (χ2n) is 5.68. The largest absolute Gasteiger partial charge is 0.496 e. The van der Waals surface area contributed by atoms with Gasteiger partial charge in [-0.25, -0.2) is 8.78 Å². The van der Waals surface area contributed by atoms with Crippen LogP contribution in [0.3, 0.4) is 0 Å². The monoisotopic (exact) mass is 312 g/mol. The van der Waals surface area contributed by atoms with E-state index in [1.807, 2.05) is 4.90 Å². The maximum absolute atomic E-state index is 14.1. The second kappa shape index (κ2) is 6.18. The number of nitrogens with zero attached hydrogens (tertiary/aromatic N) is 1. The first kappa shape index (κ1) is 15.2. The van der Waals surface area contributed by atoms with Crippen molar-refractivity contribution in [3.63, 3.8) is 0 Å². The van der Waals surface area contributed by atoms with E-state index >= 15 is 0 Å². The van der Waals surface area contributed by atoms with E-state index in [1.165, 1.54) is 13.2 Å². The minimum atomic E-state index is -0.900. The summed E-state index contributed by atoms with van der Waals surface area (Å²) >= 11 is 0. The van der Waals surface area contributed by atoms with Gasteiger partial charge in [0.2, 0.25) is 5.91 Å². The Bertz CT molecular complexity index is 582. The highest BCUT2D eigenvalue weighted by Crippen LogP contribution is 2.26. The van der Waals surface area contributed by atoms with Crippen molar-refractivity contribution in [2.45, 2.75) is 12.6 Å². The number of ether oxygens (including phenoxy) is 2. The zero-order chi connectivity index (χ0) is 15.7. The number of rotatable bonds is 3. The molecule has 0 aromatic heterocycles. The standard InChI is InChI=1S/C15H18F2N2O3/c1-21-13-3-2-12(16)14(17)11(13)6-19-4-9-7-22-8-10(5-19)18-15(9)20/h2-3,9-10H,4-8H2,1H3,(H,18,20)/t9-,10+/m1/s1. The number of hydrogen-bond acceptors (Lipinski definition) is 4. The average molecular weight is 312 g/mol. The first-order valence-corrected chi connectivity index (χ1v) is 7.20. The number of carbonyl (C=O) groups is 1. The molecular weight excluding hydrogens is 294 g/mol. The van der Waals surface area contributed by atoms with Gasteiger partial charge >= 0.3 is 0 Å². The number of methoxy groups -OCH3 is 1. The van der Waals surface area contributed by atoms with Crippen LogP contribution < -0.4 is 10.1 Å². The van der Waals surface area contributed by atoms with Crippen LogP contribution in [0.15, 0.2) is 12.1 Å². The fourth-order valence-electron chi connectivity index (χ4n) is 2.99. The van der Waals surface area contributed by atoms with Gasteiger partial charge in [0.15, 0.2) is 11.6 Å². The quantitative estimate of drug-likeness (QED) is 0.902. The minimum absolute atomic E-state index is 0.0447. The number of carbonyl (C=O) groups excluding carboxylic acids is 1. The van der Waals surface area contributed by atoms with Gasteiger partial charge in [0, 0.05) is 25.2 Å². The van der Waals surface area contributed by atoms with Gasteiger partial charge < -0.3 is 14.8 Å². The molecule has 2 atom stereocenters. The lowest BCUT2D eigenvalue weighted by molar-refractivity contribution is -0.125. The molecule has 120 valence electrons. The molecule has 2 aliphatic rings. The lowest BCUT2D eigenvalue weighted by Gasteiger charge is -2.28. The highest BCUT2D eigenvalue weighted by molar-refractivity contribution is 5.79. The van der Waals surface area contributed by atoms with Gasteiger partial charge in [0.1, 0.15) is 5.75 Å². The van der Waals surface area contributed by atoms with Crippen molar-refractivity contribution in [2.24, 2.45) is 5.92 Å². The molecular formula is C15H18F2N2O3. The Labute approximate surface area is 127 Å². The summed E-state index contributed by atoms with van der Waals surface area (Å²) in [5.74, 6) is -1.83. The van der Waals surface area contributed by atoms with Crippen molar-refractivity contribution in [2.75, 3.05) is 33.4 Å². The van der Waals surface area contributed by atoms with Gasteiger partial charge in [-0.2, -0.15) is 0 Å². The van der Waals surface area contributed by atoms with Gasteiger partial charge in [-0.15, -0.1) is 0 Å². The van der Waals surface area contributed by atoms with E-state index in [2.05, 4.69) is 5.32 Å². The Hall–Kier alpha value is -1.73. The maximum Gasteiger partial charge on any atom is 0.227 e. The minimum Gasteiger partial charge on any atom is -0.496 e. The topological polar surface area (TPSA) is 50.8 Å². The van der Waals surface area contributed by atoms with Crippen LogP contribution in [-0.2, 0) is 16.1 Å². The van der Waals surface area contributed by atoms with Crippen molar-refractivity contribution in [3.05, 3.63) is 29.3 Å². The zero-order valence-electron chi connectivity index (χ0n) is 12.3. The molecule has 7 heteroatoms. The lowest BCUT2D eigenvalue weighted by Crippen LogP contribution is -2.41. The molecule has 2 saturated heterocycles. The van der Waals surface area contributed by atoms with Gasteiger partial charge in [0.25, 0.3) is 0 Å². The fourth-order valence-corrected chi connectivity index (χ4v) is 2.99.